The van der Waals surface area contributed by atoms with E-state index >= 15 is 0 Å². The molecule has 108 valence electrons. The minimum atomic E-state index is 0.354. The van der Waals surface area contributed by atoms with Crippen LogP contribution in [0, 0.1) is 5.92 Å². The summed E-state index contributed by atoms with van der Waals surface area (Å²) in [5.41, 5.74) is 0.354. The fourth-order valence-electron chi connectivity index (χ4n) is 3.32. The highest BCUT2D eigenvalue weighted by Crippen LogP contribution is 2.46. The fourth-order valence-corrected chi connectivity index (χ4v) is 4.46. The molecule has 0 bridgehead atoms. The standard InChI is InChI=1S/C15H27N3S/c1-12(2)11-15(8-4-5-9-15)14-18-17-13(19-14)7-6-10-16-3/h12,16H,4-11H2,1-3H3. The molecule has 1 aromatic heterocycles. The summed E-state index contributed by atoms with van der Waals surface area (Å²) in [5.74, 6) is 0.745. The molecule has 0 spiro atoms. The summed E-state index contributed by atoms with van der Waals surface area (Å²) in [7, 11) is 2.00. The Hall–Kier alpha value is -0.480. The van der Waals surface area contributed by atoms with E-state index in [1.54, 1.807) is 0 Å². The Morgan fingerprint density at radius 3 is 2.63 bits per heavy atom. The highest BCUT2D eigenvalue weighted by Gasteiger charge is 2.39. The van der Waals surface area contributed by atoms with E-state index in [9.17, 15) is 0 Å². The molecule has 0 saturated heterocycles. The van der Waals surface area contributed by atoms with Gasteiger partial charge in [-0.15, -0.1) is 21.5 Å². The third-order valence-electron chi connectivity index (χ3n) is 4.10. The van der Waals surface area contributed by atoms with Crippen molar-refractivity contribution in [3.63, 3.8) is 0 Å². The van der Waals surface area contributed by atoms with Crippen LogP contribution in [0.1, 0.15) is 62.4 Å². The molecule has 1 saturated carbocycles. The van der Waals surface area contributed by atoms with Crippen molar-refractivity contribution < 1.29 is 0 Å². The fraction of sp³-hybridized carbons (Fsp3) is 0.867. The van der Waals surface area contributed by atoms with Crippen LogP contribution in [0.2, 0.25) is 0 Å². The third kappa shape index (κ3) is 3.76. The summed E-state index contributed by atoms with van der Waals surface area (Å²) in [6, 6.07) is 0. The van der Waals surface area contributed by atoms with Gasteiger partial charge in [0, 0.05) is 11.8 Å². The molecule has 19 heavy (non-hydrogen) atoms. The minimum Gasteiger partial charge on any atom is -0.320 e. The van der Waals surface area contributed by atoms with Gasteiger partial charge in [-0.25, -0.2) is 0 Å². The van der Waals surface area contributed by atoms with Crippen LogP contribution in [0.3, 0.4) is 0 Å². The van der Waals surface area contributed by atoms with Gasteiger partial charge in [-0.3, -0.25) is 0 Å². The van der Waals surface area contributed by atoms with E-state index in [0.717, 1.165) is 25.3 Å². The molecule has 0 radical (unpaired) electrons. The summed E-state index contributed by atoms with van der Waals surface area (Å²) >= 11 is 1.87. The summed E-state index contributed by atoms with van der Waals surface area (Å²) in [6.07, 6.45) is 8.85. The van der Waals surface area contributed by atoms with Gasteiger partial charge in [-0.1, -0.05) is 26.7 Å². The molecule has 1 N–H and O–H groups in total. The first kappa shape index (κ1) is 14.9. The predicted molar refractivity (Wildman–Crippen MR) is 81.8 cm³/mol. The van der Waals surface area contributed by atoms with Crippen LogP contribution in [-0.4, -0.2) is 23.8 Å². The Morgan fingerprint density at radius 1 is 1.26 bits per heavy atom. The normalized spacial score (nSPS) is 18.3. The third-order valence-corrected chi connectivity index (χ3v) is 5.33. The number of aromatic nitrogens is 2. The molecule has 3 nitrogen and oxygen atoms in total. The summed E-state index contributed by atoms with van der Waals surface area (Å²) < 4.78 is 0. The SMILES string of the molecule is CNCCCc1nnc(C2(CC(C)C)CCCC2)s1. The van der Waals surface area contributed by atoms with Crippen molar-refractivity contribution in [3.8, 4) is 0 Å². The van der Waals surface area contributed by atoms with Crippen molar-refractivity contribution >= 4 is 11.3 Å². The van der Waals surface area contributed by atoms with Gasteiger partial charge in [0.2, 0.25) is 0 Å². The first-order valence-electron chi connectivity index (χ1n) is 7.64. The number of hydrogen-bond acceptors (Lipinski definition) is 4. The zero-order valence-electron chi connectivity index (χ0n) is 12.5. The predicted octanol–water partition coefficient (Wildman–Crippen LogP) is 3.55. The molecule has 1 aliphatic rings. The van der Waals surface area contributed by atoms with E-state index in [-0.39, 0.29) is 0 Å². The maximum atomic E-state index is 4.55. The van der Waals surface area contributed by atoms with Crippen LogP contribution in [0.15, 0.2) is 0 Å². The van der Waals surface area contributed by atoms with Gasteiger partial charge in [-0.05, 0) is 45.2 Å². The molecule has 1 fully saturated rings. The number of nitrogens with one attached hydrogen (secondary N) is 1. The second-order valence-corrected chi connectivity index (χ2v) is 7.36. The lowest BCUT2D eigenvalue weighted by Gasteiger charge is -2.27. The van der Waals surface area contributed by atoms with Crippen molar-refractivity contribution in [1.29, 1.82) is 0 Å². The van der Waals surface area contributed by atoms with Crippen molar-refractivity contribution in [2.75, 3.05) is 13.6 Å². The van der Waals surface area contributed by atoms with Crippen molar-refractivity contribution in [1.82, 2.24) is 15.5 Å². The van der Waals surface area contributed by atoms with E-state index in [2.05, 4.69) is 29.4 Å². The van der Waals surface area contributed by atoms with Crippen LogP contribution < -0.4 is 5.32 Å². The molecule has 2 rings (SSSR count). The molecule has 0 aromatic carbocycles. The lowest BCUT2D eigenvalue weighted by Crippen LogP contribution is -2.24. The first-order valence-corrected chi connectivity index (χ1v) is 8.45. The average molecular weight is 281 g/mol. The highest BCUT2D eigenvalue weighted by atomic mass is 32.1. The Balaban J connectivity index is 2.05. The molecule has 0 atom stereocenters. The van der Waals surface area contributed by atoms with E-state index in [1.165, 1.54) is 42.1 Å². The molecule has 1 heterocycles. The highest BCUT2D eigenvalue weighted by molar-refractivity contribution is 7.11. The first-order chi connectivity index (χ1) is 9.16. The Morgan fingerprint density at radius 2 is 2.00 bits per heavy atom. The molecule has 0 unspecified atom stereocenters. The van der Waals surface area contributed by atoms with Gasteiger partial charge < -0.3 is 5.32 Å². The topological polar surface area (TPSA) is 37.8 Å². The van der Waals surface area contributed by atoms with Crippen molar-refractivity contribution in [2.45, 2.75) is 64.2 Å². The number of nitrogens with zero attached hydrogens (tertiary/aromatic N) is 2. The van der Waals surface area contributed by atoms with E-state index in [0.29, 0.717) is 5.41 Å². The van der Waals surface area contributed by atoms with Crippen LogP contribution in [0.25, 0.3) is 0 Å². The minimum absolute atomic E-state index is 0.354. The molecular formula is C15H27N3S. The number of aryl methyl sites for hydroxylation is 1. The smallest absolute Gasteiger partial charge is 0.123 e. The lowest BCUT2D eigenvalue weighted by molar-refractivity contribution is 0.343. The lowest BCUT2D eigenvalue weighted by atomic mass is 9.79. The Kier molecular flexibility index (Phi) is 5.34. The van der Waals surface area contributed by atoms with Crippen molar-refractivity contribution in [3.05, 3.63) is 10.0 Å². The van der Waals surface area contributed by atoms with E-state index in [1.807, 2.05) is 18.4 Å². The monoisotopic (exact) mass is 281 g/mol. The largest absolute Gasteiger partial charge is 0.320 e. The number of hydrogen-bond donors (Lipinski definition) is 1. The summed E-state index contributed by atoms with van der Waals surface area (Å²) in [6.45, 7) is 5.72. The van der Waals surface area contributed by atoms with Gasteiger partial charge in [0.1, 0.15) is 10.0 Å². The summed E-state index contributed by atoms with van der Waals surface area (Å²) in [5, 5.41) is 14.7. The van der Waals surface area contributed by atoms with Crippen LogP contribution >= 0.6 is 11.3 Å². The second kappa shape index (κ2) is 6.80. The molecule has 0 aliphatic heterocycles. The van der Waals surface area contributed by atoms with Crippen LogP contribution in [0.4, 0.5) is 0 Å². The van der Waals surface area contributed by atoms with Crippen LogP contribution in [-0.2, 0) is 11.8 Å². The quantitative estimate of drug-likeness (QED) is 0.777. The Labute approximate surface area is 121 Å². The molecule has 1 aromatic rings. The Bertz CT molecular complexity index is 380. The van der Waals surface area contributed by atoms with Gasteiger partial charge in [0.25, 0.3) is 0 Å². The molecule has 4 heteroatoms. The maximum Gasteiger partial charge on any atom is 0.123 e. The van der Waals surface area contributed by atoms with E-state index in [4.69, 9.17) is 0 Å². The summed E-state index contributed by atoms with van der Waals surface area (Å²) in [4.78, 5) is 0. The number of rotatable bonds is 7. The second-order valence-electron chi connectivity index (χ2n) is 6.29. The zero-order chi connectivity index (χ0) is 13.7. The van der Waals surface area contributed by atoms with Gasteiger partial charge in [-0.2, -0.15) is 0 Å². The zero-order valence-corrected chi connectivity index (χ0v) is 13.4. The van der Waals surface area contributed by atoms with Crippen molar-refractivity contribution in [2.24, 2.45) is 5.92 Å². The van der Waals surface area contributed by atoms with Crippen LogP contribution in [0.5, 0.6) is 0 Å². The molecule has 1 aliphatic carbocycles. The molecular weight excluding hydrogens is 254 g/mol. The van der Waals surface area contributed by atoms with E-state index < -0.39 is 0 Å². The van der Waals surface area contributed by atoms with Gasteiger partial charge >= 0.3 is 0 Å². The average Bonchev–Trinajstić information content (AvgIpc) is 2.98. The maximum absolute atomic E-state index is 4.55. The molecule has 0 amide bonds. The van der Waals surface area contributed by atoms with Gasteiger partial charge in [0.05, 0.1) is 0 Å². The van der Waals surface area contributed by atoms with Gasteiger partial charge in [0.15, 0.2) is 0 Å².